The van der Waals surface area contributed by atoms with Gasteiger partial charge in [-0.3, -0.25) is 4.72 Å². The maximum Gasteiger partial charge on any atom is 0.229 e. The number of aryl methyl sites for hydroxylation is 1. The van der Waals surface area contributed by atoms with Crippen molar-refractivity contribution in [3.63, 3.8) is 0 Å². The molecule has 0 aromatic heterocycles. The zero-order valence-electron chi connectivity index (χ0n) is 17.1. The molecule has 4 nitrogen and oxygen atoms in total. The topological polar surface area (TPSA) is 58.2 Å². The molecule has 0 heterocycles. The summed E-state index contributed by atoms with van der Waals surface area (Å²) in [6.45, 7) is 6.82. The second-order valence-corrected chi connectivity index (χ2v) is 9.23. The summed E-state index contributed by atoms with van der Waals surface area (Å²) in [5.74, 6) is 0. The third kappa shape index (κ3) is 10.8. The minimum Gasteiger partial charge on any atom is -0.312 e. The Morgan fingerprint density at radius 1 is 0.962 bits per heavy atom. The van der Waals surface area contributed by atoms with Gasteiger partial charge in [-0.2, -0.15) is 0 Å². The fraction of sp³-hybridized carbons (Fsp3) is 0.714. The summed E-state index contributed by atoms with van der Waals surface area (Å²) >= 11 is 0. The number of rotatable bonds is 14. The van der Waals surface area contributed by atoms with Crippen molar-refractivity contribution in [3.8, 4) is 0 Å². The van der Waals surface area contributed by atoms with Crippen LogP contribution in [0.4, 0.5) is 5.69 Å². The van der Waals surface area contributed by atoms with Crippen LogP contribution in [0.5, 0.6) is 0 Å². The Kier molecular flexibility index (Phi) is 10.9. The first-order valence-electron chi connectivity index (χ1n) is 10.2. The van der Waals surface area contributed by atoms with Crippen molar-refractivity contribution in [2.45, 2.75) is 90.6 Å². The van der Waals surface area contributed by atoms with Crippen LogP contribution in [0.2, 0.25) is 0 Å². The van der Waals surface area contributed by atoms with Crippen LogP contribution < -0.4 is 10.0 Å². The molecule has 0 aliphatic heterocycles. The second-order valence-electron chi connectivity index (χ2n) is 7.49. The molecule has 2 N–H and O–H groups in total. The van der Waals surface area contributed by atoms with E-state index in [0.717, 1.165) is 19.3 Å². The molecule has 1 aromatic carbocycles. The molecule has 1 aromatic rings. The third-order valence-corrected chi connectivity index (χ3v) is 5.39. The van der Waals surface area contributed by atoms with Gasteiger partial charge in [0.2, 0.25) is 10.0 Å². The number of hydrogen-bond acceptors (Lipinski definition) is 3. The number of sulfonamides is 1. The van der Waals surface area contributed by atoms with E-state index in [2.05, 4.69) is 30.8 Å². The Bertz CT molecular complexity index is 585. The molecule has 0 saturated heterocycles. The van der Waals surface area contributed by atoms with Gasteiger partial charge in [-0.25, -0.2) is 8.42 Å². The zero-order chi connectivity index (χ0) is 19.4. The smallest absolute Gasteiger partial charge is 0.229 e. The number of nitrogens with one attached hydrogen (secondary N) is 2. The zero-order valence-corrected chi connectivity index (χ0v) is 17.9. The quantitative estimate of drug-likeness (QED) is 0.440. The summed E-state index contributed by atoms with van der Waals surface area (Å²) in [5, 5.41) is 3.79. The van der Waals surface area contributed by atoms with E-state index in [-0.39, 0.29) is 0 Å². The van der Waals surface area contributed by atoms with E-state index < -0.39 is 10.0 Å². The van der Waals surface area contributed by atoms with Crippen molar-refractivity contribution in [3.05, 3.63) is 29.8 Å². The van der Waals surface area contributed by atoms with E-state index >= 15 is 0 Å². The minimum absolute atomic E-state index is 0.539. The van der Waals surface area contributed by atoms with Crippen LogP contribution in [-0.4, -0.2) is 26.8 Å². The molecule has 0 radical (unpaired) electrons. The number of anilines is 1. The Morgan fingerprint density at radius 2 is 1.65 bits per heavy atom. The van der Waals surface area contributed by atoms with Gasteiger partial charge in [0, 0.05) is 17.8 Å². The van der Waals surface area contributed by atoms with E-state index in [1.807, 2.05) is 24.3 Å². The van der Waals surface area contributed by atoms with Gasteiger partial charge in [0.05, 0.1) is 6.26 Å². The second kappa shape index (κ2) is 12.3. The van der Waals surface area contributed by atoms with Crippen LogP contribution >= 0.6 is 0 Å². The lowest BCUT2D eigenvalue weighted by Gasteiger charge is -2.22. The van der Waals surface area contributed by atoms with Gasteiger partial charge in [0.15, 0.2) is 0 Å². The number of hydrogen-bond donors (Lipinski definition) is 2. The number of benzene rings is 1. The van der Waals surface area contributed by atoms with E-state index in [0.29, 0.717) is 17.8 Å². The fourth-order valence-corrected chi connectivity index (χ4v) is 3.84. The Labute approximate surface area is 161 Å². The number of unbranched alkanes of at least 4 members (excludes halogenated alkanes) is 3. The molecule has 0 amide bonds. The molecule has 0 fully saturated rings. The highest BCUT2D eigenvalue weighted by Gasteiger charge is 2.10. The van der Waals surface area contributed by atoms with Crippen LogP contribution in [0.3, 0.4) is 0 Å². The first kappa shape index (κ1) is 23.0. The van der Waals surface area contributed by atoms with Crippen molar-refractivity contribution in [1.29, 1.82) is 0 Å². The van der Waals surface area contributed by atoms with Crippen molar-refractivity contribution in [2.24, 2.45) is 0 Å². The standard InChI is InChI=1S/C21H38N2O2S/c1-5-7-8-9-13-20(6-2)22-18(3)11-10-12-19-14-16-21(17-15-19)23-26(4,24)25/h14-18,20,22-23H,5-13H2,1-4H3. The average Bonchev–Trinajstić information content (AvgIpc) is 2.58. The summed E-state index contributed by atoms with van der Waals surface area (Å²) < 4.78 is 24.9. The van der Waals surface area contributed by atoms with Crippen molar-refractivity contribution in [2.75, 3.05) is 11.0 Å². The molecular formula is C21H38N2O2S. The highest BCUT2D eigenvalue weighted by atomic mass is 32.2. The molecule has 0 aliphatic rings. The van der Waals surface area contributed by atoms with Gasteiger partial charge < -0.3 is 5.32 Å². The largest absolute Gasteiger partial charge is 0.312 e. The van der Waals surface area contributed by atoms with Gasteiger partial charge in [0.1, 0.15) is 0 Å². The first-order chi connectivity index (χ1) is 12.3. The van der Waals surface area contributed by atoms with Crippen molar-refractivity contribution >= 4 is 15.7 Å². The van der Waals surface area contributed by atoms with Gasteiger partial charge in [-0.05, 0) is 56.7 Å². The minimum atomic E-state index is -3.20. The highest BCUT2D eigenvalue weighted by molar-refractivity contribution is 7.92. The van der Waals surface area contributed by atoms with E-state index in [1.54, 1.807) is 0 Å². The maximum absolute atomic E-state index is 11.2. The van der Waals surface area contributed by atoms with Gasteiger partial charge in [-0.15, -0.1) is 0 Å². The van der Waals surface area contributed by atoms with E-state index in [1.165, 1.54) is 50.3 Å². The first-order valence-corrected chi connectivity index (χ1v) is 12.1. The van der Waals surface area contributed by atoms with Gasteiger partial charge >= 0.3 is 0 Å². The summed E-state index contributed by atoms with van der Waals surface area (Å²) in [6, 6.07) is 8.87. The lowest BCUT2D eigenvalue weighted by atomic mass is 10.0. The molecule has 2 unspecified atom stereocenters. The van der Waals surface area contributed by atoms with Crippen LogP contribution in [0.15, 0.2) is 24.3 Å². The Hall–Kier alpha value is -1.07. The summed E-state index contributed by atoms with van der Waals surface area (Å²) in [5.41, 5.74) is 1.88. The Morgan fingerprint density at radius 3 is 2.23 bits per heavy atom. The molecule has 0 aliphatic carbocycles. The SMILES string of the molecule is CCCCCCC(CC)NC(C)CCCc1ccc(NS(C)(=O)=O)cc1. The normalized spacial score (nSPS) is 14.2. The highest BCUT2D eigenvalue weighted by Crippen LogP contribution is 2.14. The lowest BCUT2D eigenvalue weighted by molar-refractivity contribution is 0.382. The molecule has 0 spiro atoms. The van der Waals surface area contributed by atoms with Crippen LogP contribution in [0, 0.1) is 0 Å². The molecule has 0 saturated carbocycles. The summed E-state index contributed by atoms with van der Waals surface area (Å²) in [4.78, 5) is 0. The fourth-order valence-electron chi connectivity index (χ4n) is 3.27. The van der Waals surface area contributed by atoms with Crippen LogP contribution in [0.25, 0.3) is 0 Å². The molecule has 5 heteroatoms. The van der Waals surface area contributed by atoms with Crippen LogP contribution in [0.1, 0.15) is 77.7 Å². The van der Waals surface area contributed by atoms with Crippen molar-refractivity contribution < 1.29 is 8.42 Å². The molecule has 0 bridgehead atoms. The predicted molar refractivity (Wildman–Crippen MR) is 113 cm³/mol. The summed E-state index contributed by atoms with van der Waals surface area (Å²) in [7, 11) is -3.20. The third-order valence-electron chi connectivity index (χ3n) is 4.78. The molecule has 26 heavy (non-hydrogen) atoms. The molecule has 150 valence electrons. The average molecular weight is 383 g/mol. The monoisotopic (exact) mass is 382 g/mol. The molecule has 2 atom stereocenters. The lowest BCUT2D eigenvalue weighted by Crippen LogP contribution is -2.36. The van der Waals surface area contributed by atoms with E-state index in [4.69, 9.17) is 0 Å². The maximum atomic E-state index is 11.2. The van der Waals surface area contributed by atoms with Crippen molar-refractivity contribution in [1.82, 2.24) is 5.32 Å². The van der Waals surface area contributed by atoms with E-state index in [9.17, 15) is 8.42 Å². The predicted octanol–water partition coefficient (Wildman–Crippen LogP) is 5.11. The van der Waals surface area contributed by atoms with Gasteiger partial charge in [-0.1, -0.05) is 51.7 Å². The Balaban J connectivity index is 2.28. The van der Waals surface area contributed by atoms with Crippen LogP contribution in [-0.2, 0) is 16.4 Å². The summed E-state index contributed by atoms with van der Waals surface area (Å²) in [6.07, 6.45) is 12.3. The molecule has 1 rings (SSSR count). The van der Waals surface area contributed by atoms with Gasteiger partial charge in [0.25, 0.3) is 0 Å². The molecular weight excluding hydrogens is 344 g/mol.